The molecule has 1 N–H and O–H groups in total. The Kier molecular flexibility index (Phi) is 2.16. The highest BCUT2D eigenvalue weighted by Gasteiger charge is 2.06. The predicted molar refractivity (Wildman–Crippen MR) is 82.7 cm³/mol. The van der Waals surface area contributed by atoms with E-state index in [4.69, 9.17) is 0 Å². The molecule has 1 heterocycles. The molecule has 0 unspecified atom stereocenters. The number of benzene rings is 3. The number of hydrogen-bond donors (Lipinski definition) is 1. The van der Waals surface area contributed by atoms with Gasteiger partial charge in [0.15, 0.2) is 0 Å². The van der Waals surface area contributed by atoms with Crippen molar-refractivity contribution in [2.45, 2.75) is 13.3 Å². The van der Waals surface area contributed by atoms with Crippen LogP contribution in [0.1, 0.15) is 12.6 Å². The molecule has 92 valence electrons. The number of H-pyrrole nitrogens is 1. The zero-order valence-corrected chi connectivity index (χ0v) is 10.9. The first kappa shape index (κ1) is 10.6. The van der Waals surface area contributed by atoms with Crippen LogP contribution in [0.15, 0.2) is 54.6 Å². The van der Waals surface area contributed by atoms with Crippen molar-refractivity contribution in [1.82, 2.24) is 4.98 Å². The number of aryl methyl sites for hydroxylation is 1. The van der Waals surface area contributed by atoms with Gasteiger partial charge >= 0.3 is 0 Å². The first-order valence-electron chi connectivity index (χ1n) is 6.79. The quantitative estimate of drug-likeness (QED) is 0.452. The lowest BCUT2D eigenvalue weighted by atomic mass is 10.00. The Morgan fingerprint density at radius 3 is 2.47 bits per heavy atom. The van der Waals surface area contributed by atoms with Crippen LogP contribution in [0.4, 0.5) is 0 Å². The highest BCUT2D eigenvalue weighted by atomic mass is 14.7. The fraction of sp³-hybridized carbons (Fsp3) is 0.111. The molecule has 0 amide bonds. The molecular formula is C18H15N. The Hall–Kier alpha value is -2.28. The van der Waals surface area contributed by atoms with Gasteiger partial charge in [0, 0.05) is 16.6 Å². The normalized spacial score (nSPS) is 11.6. The van der Waals surface area contributed by atoms with Crippen molar-refractivity contribution >= 4 is 32.4 Å². The minimum Gasteiger partial charge on any atom is -0.358 e. The predicted octanol–water partition coefficient (Wildman–Crippen LogP) is 5.04. The monoisotopic (exact) mass is 245 g/mol. The van der Waals surface area contributed by atoms with E-state index >= 15 is 0 Å². The fourth-order valence-corrected chi connectivity index (χ4v) is 2.95. The number of rotatable bonds is 1. The lowest BCUT2D eigenvalue weighted by molar-refractivity contribution is 1.07. The molecule has 1 aromatic heterocycles. The van der Waals surface area contributed by atoms with Gasteiger partial charge in [-0.1, -0.05) is 49.4 Å². The molecule has 3 aromatic carbocycles. The minimum atomic E-state index is 1.05. The molecular weight excluding hydrogens is 230 g/mol. The maximum absolute atomic E-state index is 3.49. The molecule has 0 aliphatic carbocycles. The van der Waals surface area contributed by atoms with E-state index in [2.05, 4.69) is 66.5 Å². The van der Waals surface area contributed by atoms with Gasteiger partial charge in [-0.05, 0) is 40.1 Å². The van der Waals surface area contributed by atoms with Crippen molar-refractivity contribution in [3.8, 4) is 0 Å². The third kappa shape index (κ3) is 1.48. The molecule has 19 heavy (non-hydrogen) atoms. The third-order valence-corrected chi connectivity index (χ3v) is 3.96. The molecule has 0 spiro atoms. The van der Waals surface area contributed by atoms with Crippen LogP contribution in [0.5, 0.6) is 0 Å². The van der Waals surface area contributed by atoms with Gasteiger partial charge in [0.05, 0.1) is 0 Å². The van der Waals surface area contributed by atoms with Gasteiger partial charge in [0.2, 0.25) is 0 Å². The zero-order valence-electron chi connectivity index (χ0n) is 10.9. The third-order valence-electron chi connectivity index (χ3n) is 3.96. The summed E-state index contributed by atoms with van der Waals surface area (Å²) in [7, 11) is 0. The second-order valence-corrected chi connectivity index (χ2v) is 5.06. The maximum atomic E-state index is 3.49. The second-order valence-electron chi connectivity index (χ2n) is 5.06. The van der Waals surface area contributed by atoms with Crippen molar-refractivity contribution in [2.24, 2.45) is 0 Å². The van der Waals surface area contributed by atoms with Crippen molar-refractivity contribution in [3.05, 3.63) is 60.3 Å². The average molecular weight is 245 g/mol. The summed E-state index contributed by atoms with van der Waals surface area (Å²) >= 11 is 0. The van der Waals surface area contributed by atoms with Crippen LogP contribution >= 0.6 is 0 Å². The molecule has 0 bridgehead atoms. The number of nitrogens with one attached hydrogen (secondary N) is 1. The van der Waals surface area contributed by atoms with Gasteiger partial charge in [0.25, 0.3) is 0 Å². The average Bonchev–Trinajstić information content (AvgIpc) is 2.90. The van der Waals surface area contributed by atoms with Gasteiger partial charge in [-0.3, -0.25) is 0 Å². The molecule has 0 atom stereocenters. The van der Waals surface area contributed by atoms with Gasteiger partial charge in [-0.15, -0.1) is 0 Å². The largest absolute Gasteiger partial charge is 0.358 e. The van der Waals surface area contributed by atoms with Crippen LogP contribution in [0, 0.1) is 0 Å². The molecule has 4 aromatic rings. The molecule has 0 aliphatic rings. The first-order chi connectivity index (χ1) is 9.36. The van der Waals surface area contributed by atoms with Crippen LogP contribution in [0.3, 0.4) is 0 Å². The van der Waals surface area contributed by atoms with Crippen molar-refractivity contribution in [1.29, 1.82) is 0 Å². The topological polar surface area (TPSA) is 15.8 Å². The molecule has 0 aliphatic heterocycles. The smallest absolute Gasteiger partial charge is 0.0462 e. The standard InChI is InChI=1S/C18H15N/c1-2-13-11-17-16-8-7-12-5-3-4-6-14(12)15(16)9-10-18(17)19-13/h3-11,19H,2H2,1H3. The zero-order chi connectivity index (χ0) is 12.8. The van der Waals surface area contributed by atoms with E-state index in [1.165, 1.54) is 38.1 Å². The molecule has 1 heteroatoms. The van der Waals surface area contributed by atoms with Crippen LogP contribution in [0.25, 0.3) is 32.4 Å². The van der Waals surface area contributed by atoms with E-state index in [9.17, 15) is 0 Å². The Morgan fingerprint density at radius 2 is 1.58 bits per heavy atom. The summed E-state index contributed by atoms with van der Waals surface area (Å²) in [5.41, 5.74) is 2.54. The molecule has 1 nitrogen and oxygen atoms in total. The lowest BCUT2D eigenvalue weighted by Gasteiger charge is -2.04. The first-order valence-corrected chi connectivity index (χ1v) is 6.79. The fourth-order valence-electron chi connectivity index (χ4n) is 2.95. The summed E-state index contributed by atoms with van der Waals surface area (Å²) in [5.74, 6) is 0. The maximum Gasteiger partial charge on any atom is 0.0462 e. The van der Waals surface area contributed by atoms with E-state index in [0.717, 1.165) is 6.42 Å². The lowest BCUT2D eigenvalue weighted by Crippen LogP contribution is -1.78. The summed E-state index contributed by atoms with van der Waals surface area (Å²) in [5, 5.41) is 6.65. The van der Waals surface area contributed by atoms with E-state index in [0.29, 0.717) is 0 Å². The highest BCUT2D eigenvalue weighted by Crippen LogP contribution is 2.31. The van der Waals surface area contributed by atoms with Gasteiger partial charge in [0.1, 0.15) is 0 Å². The molecule has 0 saturated carbocycles. The highest BCUT2D eigenvalue weighted by molar-refractivity contribution is 6.16. The Labute approximate surface area is 111 Å². The van der Waals surface area contributed by atoms with Gasteiger partial charge < -0.3 is 4.98 Å². The van der Waals surface area contributed by atoms with E-state index < -0.39 is 0 Å². The summed E-state index contributed by atoms with van der Waals surface area (Å²) in [6.45, 7) is 2.18. The number of hydrogen-bond acceptors (Lipinski definition) is 0. The molecule has 0 saturated heterocycles. The summed E-state index contributed by atoms with van der Waals surface area (Å²) < 4.78 is 0. The van der Waals surface area contributed by atoms with Crippen molar-refractivity contribution in [2.75, 3.05) is 0 Å². The molecule has 0 radical (unpaired) electrons. The van der Waals surface area contributed by atoms with Crippen molar-refractivity contribution in [3.63, 3.8) is 0 Å². The van der Waals surface area contributed by atoms with Crippen LogP contribution in [-0.2, 0) is 6.42 Å². The van der Waals surface area contributed by atoms with Gasteiger partial charge in [-0.2, -0.15) is 0 Å². The summed E-state index contributed by atoms with van der Waals surface area (Å²) in [4.78, 5) is 3.49. The number of aromatic amines is 1. The van der Waals surface area contributed by atoms with Crippen molar-refractivity contribution < 1.29 is 0 Å². The van der Waals surface area contributed by atoms with Crippen LogP contribution < -0.4 is 0 Å². The Balaban J connectivity index is 2.21. The summed E-state index contributed by atoms with van der Waals surface area (Å²) in [6, 6.07) is 19.8. The van der Waals surface area contributed by atoms with E-state index in [1.54, 1.807) is 0 Å². The Bertz CT molecular complexity index is 899. The number of fused-ring (bicyclic) bond motifs is 5. The van der Waals surface area contributed by atoms with Crippen LogP contribution in [0.2, 0.25) is 0 Å². The van der Waals surface area contributed by atoms with Crippen LogP contribution in [-0.4, -0.2) is 4.98 Å². The van der Waals surface area contributed by atoms with E-state index in [-0.39, 0.29) is 0 Å². The second kappa shape index (κ2) is 3.86. The summed E-state index contributed by atoms with van der Waals surface area (Å²) in [6.07, 6.45) is 1.05. The van der Waals surface area contributed by atoms with E-state index in [1.807, 2.05) is 0 Å². The van der Waals surface area contributed by atoms with Gasteiger partial charge in [-0.25, -0.2) is 0 Å². The minimum absolute atomic E-state index is 1.05. The Morgan fingerprint density at radius 1 is 0.789 bits per heavy atom. The SMILES string of the molecule is CCc1cc2c(ccc3c4ccccc4ccc23)[nH]1. The molecule has 4 rings (SSSR count). The number of aromatic nitrogens is 1. The molecule has 0 fully saturated rings.